The highest BCUT2D eigenvalue weighted by atomic mass is 32.2. The summed E-state index contributed by atoms with van der Waals surface area (Å²) in [5.74, 6) is 0. The average molecular weight is 165 g/mol. The Morgan fingerprint density at radius 2 is 1.60 bits per heavy atom. The molecule has 0 N–H and O–H groups in total. The van der Waals surface area contributed by atoms with Crippen molar-refractivity contribution in [3.8, 4) is 0 Å². The highest BCUT2D eigenvalue weighted by Gasteiger charge is 2.04. The Hall–Kier alpha value is 0.110. The van der Waals surface area contributed by atoms with Gasteiger partial charge >= 0.3 is 0 Å². The summed E-state index contributed by atoms with van der Waals surface area (Å²) in [6, 6.07) is 0.376. The summed E-state index contributed by atoms with van der Waals surface area (Å²) in [6.07, 6.45) is 1.68. The second-order valence-electron chi connectivity index (χ2n) is 2.06. The van der Waals surface area contributed by atoms with Gasteiger partial charge in [-0.05, 0) is 13.8 Å². The molecule has 0 saturated carbocycles. The van der Waals surface area contributed by atoms with Crippen LogP contribution in [0.25, 0.3) is 0 Å². The molecular weight excluding hydrogens is 146 g/mol. The van der Waals surface area contributed by atoms with Crippen LogP contribution in [0.4, 0.5) is 0 Å². The van der Waals surface area contributed by atoms with Crippen LogP contribution in [0, 0.1) is 0 Å². The fraction of sp³-hybridized carbons (Fsp3) is 1.00. The lowest BCUT2D eigenvalue weighted by atomic mass is 10.4. The molecule has 0 aromatic rings. The maximum absolute atomic E-state index is 10.6. The summed E-state index contributed by atoms with van der Waals surface area (Å²) in [4.78, 5) is 0. The van der Waals surface area contributed by atoms with Crippen molar-refractivity contribution in [1.29, 1.82) is 0 Å². The normalized spacial score (nSPS) is 12.8. The van der Waals surface area contributed by atoms with Gasteiger partial charge in [-0.3, -0.25) is 0 Å². The van der Waals surface area contributed by atoms with E-state index in [9.17, 15) is 4.21 Å². The lowest BCUT2D eigenvalue weighted by Crippen LogP contribution is -2.27. The summed E-state index contributed by atoms with van der Waals surface area (Å²) in [6.45, 7) is 8.03. The van der Waals surface area contributed by atoms with E-state index in [2.05, 4.69) is 0 Å². The molecule has 0 fully saturated rings. The van der Waals surface area contributed by atoms with Crippen molar-refractivity contribution in [2.75, 3.05) is 13.3 Å². The van der Waals surface area contributed by atoms with Gasteiger partial charge in [0.1, 0.15) is 0 Å². The Balaban J connectivity index is 0. The fourth-order valence-corrected chi connectivity index (χ4v) is 0.891. The van der Waals surface area contributed by atoms with Crippen LogP contribution in [0.3, 0.4) is 0 Å². The van der Waals surface area contributed by atoms with Crippen molar-refractivity contribution >= 4 is 11.0 Å². The number of nitrogens with zero attached hydrogens (tertiary/aromatic N) is 1. The molecule has 2 nitrogen and oxygen atoms in total. The molecule has 0 heterocycles. The van der Waals surface area contributed by atoms with Gasteiger partial charge in [-0.25, -0.2) is 8.51 Å². The third-order valence-corrected chi connectivity index (χ3v) is 2.37. The summed E-state index contributed by atoms with van der Waals surface area (Å²) in [7, 11) is 1.04. The van der Waals surface area contributed by atoms with E-state index >= 15 is 0 Å². The van der Waals surface area contributed by atoms with E-state index in [4.69, 9.17) is 0 Å². The molecule has 0 aromatic carbocycles. The molecule has 1 atom stereocenters. The molecule has 0 spiro atoms. The Morgan fingerprint density at radius 3 is 1.60 bits per heavy atom. The fourth-order valence-electron chi connectivity index (χ4n) is 0.297. The molecule has 0 aromatic heterocycles. The van der Waals surface area contributed by atoms with Gasteiger partial charge in [0.25, 0.3) is 0 Å². The van der Waals surface area contributed by atoms with Crippen molar-refractivity contribution in [2.45, 2.75) is 33.7 Å². The predicted molar refractivity (Wildman–Crippen MR) is 48.3 cm³/mol. The van der Waals surface area contributed by atoms with Crippen LogP contribution >= 0.6 is 0 Å². The van der Waals surface area contributed by atoms with E-state index in [1.165, 1.54) is 0 Å². The first-order chi connectivity index (χ1) is 4.55. The van der Waals surface area contributed by atoms with Crippen LogP contribution in [-0.4, -0.2) is 27.9 Å². The summed E-state index contributed by atoms with van der Waals surface area (Å²) in [5, 5.41) is 0. The molecule has 0 amide bonds. The van der Waals surface area contributed by atoms with Crippen molar-refractivity contribution < 1.29 is 4.21 Å². The minimum Gasteiger partial charge on any atom is -0.243 e. The summed E-state index contributed by atoms with van der Waals surface area (Å²) in [5.41, 5.74) is 0. The highest BCUT2D eigenvalue weighted by Crippen LogP contribution is 1.94. The maximum Gasteiger partial charge on any atom is 0.0910 e. The Bertz CT molecular complexity index is 93.6. The highest BCUT2D eigenvalue weighted by molar-refractivity contribution is 7.81. The molecule has 0 aliphatic heterocycles. The van der Waals surface area contributed by atoms with Crippen molar-refractivity contribution in [3.05, 3.63) is 0 Å². The van der Waals surface area contributed by atoms with E-state index in [1.54, 1.807) is 10.6 Å². The first-order valence-corrected chi connectivity index (χ1v) is 5.13. The SMILES string of the molecule is CC.CC(C)N(C)S(C)=O. The Labute approximate surface area is 67.2 Å². The lowest BCUT2D eigenvalue weighted by molar-refractivity contribution is 0.446. The third-order valence-electron chi connectivity index (χ3n) is 1.13. The topological polar surface area (TPSA) is 20.3 Å². The zero-order valence-corrected chi connectivity index (χ0v) is 8.66. The van der Waals surface area contributed by atoms with E-state index in [0.717, 1.165) is 0 Å². The third kappa shape index (κ3) is 6.23. The van der Waals surface area contributed by atoms with Crippen LogP contribution in [0.15, 0.2) is 0 Å². The minimum absolute atomic E-state index is 0.376. The first-order valence-electron chi connectivity index (χ1n) is 3.62. The average Bonchev–Trinajstić information content (AvgIpc) is 1.90. The Kier molecular flexibility index (Phi) is 9.21. The summed E-state index contributed by atoms with van der Waals surface area (Å²) >= 11 is 0. The van der Waals surface area contributed by atoms with Crippen LogP contribution in [-0.2, 0) is 11.0 Å². The van der Waals surface area contributed by atoms with E-state index in [1.807, 2.05) is 34.7 Å². The van der Waals surface area contributed by atoms with Gasteiger partial charge in [0.15, 0.2) is 0 Å². The van der Waals surface area contributed by atoms with E-state index in [-0.39, 0.29) is 0 Å². The molecule has 0 saturated heterocycles. The molecule has 3 heteroatoms. The maximum atomic E-state index is 10.6. The van der Waals surface area contributed by atoms with Crippen LogP contribution in [0.1, 0.15) is 27.7 Å². The summed E-state index contributed by atoms with van der Waals surface area (Å²) < 4.78 is 12.4. The van der Waals surface area contributed by atoms with Crippen LogP contribution in [0.2, 0.25) is 0 Å². The largest absolute Gasteiger partial charge is 0.243 e. The predicted octanol–water partition coefficient (Wildman–Crippen LogP) is 1.65. The molecule has 0 bridgehead atoms. The Morgan fingerprint density at radius 1 is 1.30 bits per heavy atom. The zero-order valence-electron chi connectivity index (χ0n) is 7.84. The molecule has 10 heavy (non-hydrogen) atoms. The van der Waals surface area contributed by atoms with Crippen LogP contribution < -0.4 is 0 Å². The second-order valence-corrected chi connectivity index (χ2v) is 3.49. The molecular formula is C7H19NOS. The van der Waals surface area contributed by atoms with Gasteiger partial charge in [-0.15, -0.1) is 0 Å². The quantitative estimate of drug-likeness (QED) is 0.609. The number of hydrogen-bond donors (Lipinski definition) is 0. The van der Waals surface area contributed by atoms with Crippen molar-refractivity contribution in [2.24, 2.45) is 0 Å². The molecule has 64 valence electrons. The molecule has 0 aliphatic rings. The second kappa shape index (κ2) is 7.22. The van der Waals surface area contributed by atoms with E-state index in [0.29, 0.717) is 6.04 Å². The van der Waals surface area contributed by atoms with Gasteiger partial charge in [0, 0.05) is 19.3 Å². The molecule has 0 aliphatic carbocycles. The van der Waals surface area contributed by atoms with Crippen molar-refractivity contribution in [3.63, 3.8) is 0 Å². The number of hydrogen-bond acceptors (Lipinski definition) is 1. The van der Waals surface area contributed by atoms with Gasteiger partial charge in [0.2, 0.25) is 0 Å². The zero-order chi connectivity index (χ0) is 8.73. The first kappa shape index (κ1) is 12.8. The number of rotatable bonds is 2. The van der Waals surface area contributed by atoms with E-state index < -0.39 is 11.0 Å². The minimum atomic E-state index is -0.807. The van der Waals surface area contributed by atoms with Crippen molar-refractivity contribution in [1.82, 2.24) is 4.31 Å². The van der Waals surface area contributed by atoms with Gasteiger partial charge in [-0.2, -0.15) is 0 Å². The molecule has 1 unspecified atom stereocenters. The lowest BCUT2D eigenvalue weighted by Gasteiger charge is -2.16. The molecule has 0 radical (unpaired) electrons. The van der Waals surface area contributed by atoms with Gasteiger partial charge in [-0.1, -0.05) is 13.8 Å². The standard InChI is InChI=1S/C5H13NOS.C2H6/c1-5(2)6(3)8(4)7;1-2/h5H,1-4H3;1-2H3. The van der Waals surface area contributed by atoms with Crippen LogP contribution in [0.5, 0.6) is 0 Å². The van der Waals surface area contributed by atoms with Gasteiger partial charge < -0.3 is 0 Å². The monoisotopic (exact) mass is 165 g/mol. The smallest absolute Gasteiger partial charge is 0.0910 e. The molecule has 0 rings (SSSR count). The van der Waals surface area contributed by atoms with Gasteiger partial charge in [0.05, 0.1) is 11.0 Å².